The molecule has 0 atom stereocenters. The Labute approximate surface area is 146 Å². The Morgan fingerprint density at radius 2 is 1.84 bits per heavy atom. The molecule has 0 aliphatic carbocycles. The maximum Gasteiger partial charge on any atom is 0.251 e. The number of aryl methyl sites for hydroxylation is 1. The molecule has 5 nitrogen and oxygen atoms in total. The van der Waals surface area contributed by atoms with Gasteiger partial charge in [0.25, 0.3) is 5.91 Å². The number of hydrogen-bond donors (Lipinski definition) is 3. The third-order valence-corrected chi connectivity index (χ3v) is 3.99. The zero-order valence-corrected chi connectivity index (χ0v) is 14.1. The summed E-state index contributed by atoms with van der Waals surface area (Å²) in [5.74, 6) is -0.00913. The second kappa shape index (κ2) is 7.66. The lowest BCUT2D eigenvalue weighted by atomic mass is 10.1. The van der Waals surface area contributed by atoms with Gasteiger partial charge in [0, 0.05) is 35.4 Å². The number of amides is 1. The number of hydrogen-bond acceptors (Lipinski definition) is 4. The fraction of sp³-hybridized carbons (Fsp3) is 0.200. The number of para-hydroxylation sites is 1. The van der Waals surface area contributed by atoms with Gasteiger partial charge in [0.1, 0.15) is 5.75 Å². The van der Waals surface area contributed by atoms with Crippen LogP contribution in [0.1, 0.15) is 23.0 Å². The van der Waals surface area contributed by atoms with Crippen LogP contribution in [0.15, 0.2) is 54.6 Å². The second-order valence-electron chi connectivity index (χ2n) is 5.76. The van der Waals surface area contributed by atoms with Crippen molar-refractivity contribution in [2.75, 3.05) is 18.4 Å². The van der Waals surface area contributed by atoms with Gasteiger partial charge in [-0.05, 0) is 42.8 Å². The summed E-state index contributed by atoms with van der Waals surface area (Å²) in [6.07, 6.45) is 0.872. The molecular weight excluding hydrogens is 314 g/mol. The van der Waals surface area contributed by atoms with Gasteiger partial charge in [-0.25, -0.2) is 0 Å². The van der Waals surface area contributed by atoms with Gasteiger partial charge >= 0.3 is 0 Å². The van der Waals surface area contributed by atoms with Crippen LogP contribution in [0.3, 0.4) is 0 Å². The van der Waals surface area contributed by atoms with Crippen LogP contribution in [0.5, 0.6) is 5.75 Å². The number of phenolic OH excluding ortho intramolecular Hbond substituents is 1. The van der Waals surface area contributed by atoms with Gasteiger partial charge in [0.05, 0.1) is 5.52 Å². The number of aromatic hydroxyl groups is 1. The lowest BCUT2D eigenvalue weighted by molar-refractivity contribution is 0.0955. The second-order valence-corrected chi connectivity index (χ2v) is 5.76. The Morgan fingerprint density at radius 1 is 1.08 bits per heavy atom. The summed E-state index contributed by atoms with van der Waals surface area (Å²) in [5.41, 5.74) is 3.56. The summed E-state index contributed by atoms with van der Waals surface area (Å²) < 4.78 is 0. The van der Waals surface area contributed by atoms with Crippen molar-refractivity contribution in [2.24, 2.45) is 0 Å². The molecule has 0 spiro atoms. The maximum atomic E-state index is 12.0. The topological polar surface area (TPSA) is 74.2 Å². The van der Waals surface area contributed by atoms with Crippen LogP contribution in [-0.4, -0.2) is 29.1 Å². The van der Waals surface area contributed by atoms with Crippen LogP contribution in [0.25, 0.3) is 10.9 Å². The number of pyridine rings is 1. The van der Waals surface area contributed by atoms with Crippen molar-refractivity contribution < 1.29 is 9.90 Å². The molecule has 128 valence electrons. The smallest absolute Gasteiger partial charge is 0.251 e. The summed E-state index contributed by atoms with van der Waals surface area (Å²) in [6.45, 7) is 3.19. The third kappa shape index (κ3) is 4.07. The molecule has 5 heteroatoms. The highest BCUT2D eigenvalue weighted by molar-refractivity contribution is 5.94. The monoisotopic (exact) mass is 335 g/mol. The van der Waals surface area contributed by atoms with E-state index >= 15 is 0 Å². The van der Waals surface area contributed by atoms with Crippen molar-refractivity contribution in [1.29, 1.82) is 0 Å². The lowest BCUT2D eigenvalue weighted by Crippen LogP contribution is -2.28. The molecule has 1 heterocycles. The number of carbonyl (C=O) groups excluding carboxylic acids is 1. The highest BCUT2D eigenvalue weighted by Gasteiger charge is 2.06. The normalized spacial score (nSPS) is 10.6. The fourth-order valence-corrected chi connectivity index (χ4v) is 2.65. The number of nitrogens with zero attached hydrogens (tertiary/aromatic N) is 1. The van der Waals surface area contributed by atoms with E-state index in [9.17, 15) is 9.90 Å². The summed E-state index contributed by atoms with van der Waals surface area (Å²) in [7, 11) is 0. The van der Waals surface area contributed by atoms with E-state index in [1.165, 1.54) is 12.1 Å². The standard InChI is InChI=1S/C20H21N3O2/c1-2-15-13-19(17-5-3-4-6-18(17)23-15)21-11-12-22-20(25)14-7-9-16(24)10-8-14/h3-10,13,24H,2,11-12H2,1H3,(H,21,23)(H,22,25). The molecule has 1 amide bonds. The van der Waals surface area contributed by atoms with Crippen molar-refractivity contribution in [2.45, 2.75) is 13.3 Å². The molecule has 3 N–H and O–H groups in total. The zero-order valence-electron chi connectivity index (χ0n) is 14.1. The van der Waals surface area contributed by atoms with Gasteiger partial charge in [-0.15, -0.1) is 0 Å². The van der Waals surface area contributed by atoms with Gasteiger partial charge in [-0.2, -0.15) is 0 Å². The molecule has 0 fully saturated rings. The van der Waals surface area contributed by atoms with E-state index in [2.05, 4.69) is 28.6 Å². The van der Waals surface area contributed by atoms with Crippen molar-refractivity contribution in [3.63, 3.8) is 0 Å². The Morgan fingerprint density at radius 3 is 2.60 bits per heavy atom. The van der Waals surface area contributed by atoms with Gasteiger partial charge in [-0.3, -0.25) is 9.78 Å². The summed E-state index contributed by atoms with van der Waals surface area (Å²) in [4.78, 5) is 16.7. The minimum Gasteiger partial charge on any atom is -0.508 e. The minimum absolute atomic E-state index is 0.148. The van der Waals surface area contributed by atoms with Gasteiger partial charge in [-0.1, -0.05) is 25.1 Å². The molecule has 0 aliphatic heterocycles. The molecule has 0 radical (unpaired) electrons. The van der Waals surface area contributed by atoms with Crippen molar-refractivity contribution in [1.82, 2.24) is 10.3 Å². The van der Waals surface area contributed by atoms with Crippen LogP contribution < -0.4 is 10.6 Å². The Kier molecular flexibility index (Phi) is 5.14. The van der Waals surface area contributed by atoms with Crippen LogP contribution in [-0.2, 0) is 6.42 Å². The van der Waals surface area contributed by atoms with E-state index in [0.29, 0.717) is 18.7 Å². The number of fused-ring (bicyclic) bond motifs is 1. The molecule has 25 heavy (non-hydrogen) atoms. The van der Waals surface area contributed by atoms with Crippen LogP contribution in [0.4, 0.5) is 5.69 Å². The first-order valence-corrected chi connectivity index (χ1v) is 8.37. The molecule has 1 aromatic heterocycles. The molecule has 3 rings (SSSR count). The summed E-state index contributed by atoms with van der Waals surface area (Å²) >= 11 is 0. The van der Waals surface area contributed by atoms with Crippen LogP contribution in [0, 0.1) is 0 Å². The molecule has 0 saturated heterocycles. The maximum absolute atomic E-state index is 12.0. The Balaban J connectivity index is 1.61. The molecule has 0 bridgehead atoms. The van der Waals surface area contributed by atoms with E-state index in [1.54, 1.807) is 12.1 Å². The van der Waals surface area contributed by atoms with Crippen LogP contribution >= 0.6 is 0 Å². The first-order chi connectivity index (χ1) is 12.2. The molecule has 0 saturated carbocycles. The SMILES string of the molecule is CCc1cc(NCCNC(=O)c2ccc(O)cc2)c2ccccc2n1. The summed E-state index contributed by atoms with van der Waals surface area (Å²) in [6, 6.07) is 16.3. The molecule has 0 aliphatic rings. The largest absolute Gasteiger partial charge is 0.508 e. The molecule has 0 unspecified atom stereocenters. The Bertz CT molecular complexity index is 876. The van der Waals surface area contributed by atoms with E-state index in [0.717, 1.165) is 28.7 Å². The number of carbonyl (C=O) groups is 1. The predicted molar refractivity (Wildman–Crippen MR) is 100 cm³/mol. The van der Waals surface area contributed by atoms with Gasteiger partial charge in [0.2, 0.25) is 0 Å². The third-order valence-electron chi connectivity index (χ3n) is 3.99. The molecule has 2 aromatic carbocycles. The average molecular weight is 335 g/mol. The van der Waals surface area contributed by atoms with Crippen LogP contribution in [0.2, 0.25) is 0 Å². The van der Waals surface area contributed by atoms with E-state index < -0.39 is 0 Å². The zero-order chi connectivity index (χ0) is 17.6. The van der Waals surface area contributed by atoms with Gasteiger partial charge < -0.3 is 15.7 Å². The number of benzene rings is 2. The van der Waals surface area contributed by atoms with Crippen molar-refractivity contribution >= 4 is 22.5 Å². The number of phenols is 1. The molecular formula is C20H21N3O2. The van der Waals surface area contributed by atoms with E-state index in [4.69, 9.17) is 0 Å². The van der Waals surface area contributed by atoms with E-state index in [-0.39, 0.29) is 11.7 Å². The van der Waals surface area contributed by atoms with E-state index in [1.807, 2.05) is 24.3 Å². The first kappa shape index (κ1) is 16.8. The number of anilines is 1. The first-order valence-electron chi connectivity index (χ1n) is 8.37. The number of nitrogens with one attached hydrogen (secondary N) is 2. The van der Waals surface area contributed by atoms with Gasteiger partial charge in [0.15, 0.2) is 0 Å². The predicted octanol–water partition coefficient (Wildman–Crippen LogP) is 3.34. The van der Waals surface area contributed by atoms with Crippen molar-refractivity contribution in [3.05, 3.63) is 65.9 Å². The highest BCUT2D eigenvalue weighted by atomic mass is 16.3. The highest BCUT2D eigenvalue weighted by Crippen LogP contribution is 2.23. The quantitative estimate of drug-likeness (QED) is 0.604. The summed E-state index contributed by atoms with van der Waals surface area (Å²) in [5, 5.41) is 16.6. The number of aromatic nitrogens is 1. The molecule has 3 aromatic rings. The average Bonchev–Trinajstić information content (AvgIpc) is 2.65. The fourth-order valence-electron chi connectivity index (χ4n) is 2.65. The number of rotatable bonds is 6. The Hall–Kier alpha value is -3.08. The minimum atomic E-state index is -0.157. The van der Waals surface area contributed by atoms with Crippen molar-refractivity contribution in [3.8, 4) is 5.75 Å². The lowest BCUT2D eigenvalue weighted by Gasteiger charge is -2.12.